The van der Waals surface area contributed by atoms with Crippen LogP contribution in [-0.2, 0) is 16.1 Å². The number of hydrogen-bond donors (Lipinski definition) is 2. The van der Waals surface area contributed by atoms with Gasteiger partial charge in [-0.3, -0.25) is 4.79 Å². The molecule has 2 heterocycles. The fourth-order valence-electron chi connectivity index (χ4n) is 2.02. The monoisotopic (exact) mass is 267 g/mol. The van der Waals surface area contributed by atoms with Crippen LogP contribution < -0.4 is 5.32 Å². The van der Waals surface area contributed by atoms with Gasteiger partial charge in [-0.25, -0.2) is 4.79 Å². The van der Waals surface area contributed by atoms with Gasteiger partial charge in [0.2, 0.25) is 11.7 Å². The fraction of sp³-hybridized carbons (Fsp3) is 0.538. The van der Waals surface area contributed by atoms with Crippen LogP contribution in [0.25, 0.3) is 0 Å². The highest BCUT2D eigenvalue weighted by molar-refractivity contribution is 5.84. The molecule has 1 aromatic heterocycles. The second-order valence-electron chi connectivity index (χ2n) is 4.54. The van der Waals surface area contributed by atoms with Gasteiger partial charge in [-0.05, 0) is 31.4 Å². The predicted molar refractivity (Wildman–Crippen MR) is 65.7 cm³/mol. The van der Waals surface area contributed by atoms with E-state index in [4.69, 9.17) is 14.3 Å². The van der Waals surface area contributed by atoms with Gasteiger partial charge in [0.15, 0.2) is 0 Å². The van der Waals surface area contributed by atoms with Crippen molar-refractivity contribution >= 4 is 11.9 Å². The highest BCUT2D eigenvalue weighted by Gasteiger charge is 2.17. The Hall–Kier alpha value is -1.82. The van der Waals surface area contributed by atoms with Crippen molar-refractivity contribution in [2.24, 2.45) is 0 Å². The molecule has 1 amide bonds. The molecule has 0 radical (unpaired) electrons. The highest BCUT2D eigenvalue weighted by atomic mass is 16.5. The molecule has 19 heavy (non-hydrogen) atoms. The van der Waals surface area contributed by atoms with Crippen LogP contribution in [0.5, 0.6) is 0 Å². The molecule has 1 saturated heterocycles. The van der Waals surface area contributed by atoms with Crippen LogP contribution in [0.3, 0.4) is 0 Å². The quantitative estimate of drug-likeness (QED) is 0.845. The van der Waals surface area contributed by atoms with E-state index < -0.39 is 5.97 Å². The van der Waals surface area contributed by atoms with Crippen LogP contribution in [0.15, 0.2) is 16.5 Å². The van der Waals surface area contributed by atoms with E-state index in [-0.39, 0.29) is 24.3 Å². The lowest BCUT2D eigenvalue weighted by Gasteiger charge is -2.21. The number of nitrogens with one attached hydrogen (secondary N) is 1. The Morgan fingerprint density at radius 1 is 1.37 bits per heavy atom. The number of ether oxygens (including phenoxy) is 1. The van der Waals surface area contributed by atoms with Crippen LogP contribution in [0, 0.1) is 0 Å². The first-order chi connectivity index (χ1) is 9.15. The van der Waals surface area contributed by atoms with Crippen molar-refractivity contribution in [1.82, 2.24) is 5.32 Å². The van der Waals surface area contributed by atoms with Crippen molar-refractivity contribution in [2.45, 2.75) is 38.3 Å². The Kier molecular flexibility index (Phi) is 4.57. The molecule has 0 aliphatic carbocycles. The number of carboxylic acids is 1. The number of carbonyl (C=O) groups is 2. The van der Waals surface area contributed by atoms with Gasteiger partial charge >= 0.3 is 5.97 Å². The zero-order valence-corrected chi connectivity index (χ0v) is 10.6. The summed E-state index contributed by atoms with van der Waals surface area (Å²) in [5.41, 5.74) is 0. The number of furan rings is 1. The molecule has 0 spiro atoms. The Morgan fingerprint density at radius 2 is 2.21 bits per heavy atom. The Morgan fingerprint density at radius 3 is 2.84 bits per heavy atom. The average molecular weight is 267 g/mol. The van der Waals surface area contributed by atoms with Crippen molar-refractivity contribution in [3.05, 3.63) is 23.7 Å². The summed E-state index contributed by atoms with van der Waals surface area (Å²) in [4.78, 5) is 22.3. The lowest BCUT2D eigenvalue weighted by Crippen LogP contribution is -2.30. The molecular formula is C13H17NO5. The topological polar surface area (TPSA) is 88.8 Å². The van der Waals surface area contributed by atoms with E-state index in [1.165, 1.54) is 6.07 Å². The average Bonchev–Trinajstić information content (AvgIpc) is 2.86. The molecule has 104 valence electrons. The van der Waals surface area contributed by atoms with Crippen molar-refractivity contribution in [2.75, 3.05) is 6.61 Å². The van der Waals surface area contributed by atoms with E-state index in [0.717, 1.165) is 25.9 Å². The number of carbonyl (C=O) groups excluding carboxylic acids is 1. The molecule has 6 nitrogen and oxygen atoms in total. The maximum atomic E-state index is 11.7. The zero-order chi connectivity index (χ0) is 13.7. The molecule has 1 aliphatic heterocycles. The van der Waals surface area contributed by atoms with Crippen molar-refractivity contribution < 1.29 is 23.8 Å². The third-order valence-electron chi connectivity index (χ3n) is 3.02. The standard InChI is InChI=1S/C13H17NO5/c15-12(7-9-3-1-2-6-18-9)14-8-10-4-5-11(19-10)13(16)17/h4-5,9H,1-3,6-8H2,(H,14,15)(H,16,17). The number of rotatable bonds is 5. The second kappa shape index (κ2) is 6.38. The largest absolute Gasteiger partial charge is 0.475 e. The van der Waals surface area contributed by atoms with Gasteiger partial charge in [0, 0.05) is 6.61 Å². The summed E-state index contributed by atoms with van der Waals surface area (Å²) in [6, 6.07) is 2.91. The third kappa shape index (κ3) is 4.10. The van der Waals surface area contributed by atoms with Gasteiger partial charge < -0.3 is 19.6 Å². The second-order valence-corrected chi connectivity index (χ2v) is 4.54. The molecule has 0 bridgehead atoms. The first-order valence-corrected chi connectivity index (χ1v) is 6.35. The van der Waals surface area contributed by atoms with Crippen LogP contribution >= 0.6 is 0 Å². The summed E-state index contributed by atoms with van der Waals surface area (Å²) >= 11 is 0. The summed E-state index contributed by atoms with van der Waals surface area (Å²) in [6.45, 7) is 0.914. The first kappa shape index (κ1) is 13.6. The molecule has 1 fully saturated rings. The molecule has 6 heteroatoms. The summed E-state index contributed by atoms with van der Waals surface area (Å²) in [6.07, 6.45) is 3.41. The fourth-order valence-corrected chi connectivity index (χ4v) is 2.02. The van der Waals surface area contributed by atoms with E-state index in [1.54, 1.807) is 6.07 Å². The van der Waals surface area contributed by atoms with Crippen LogP contribution in [-0.4, -0.2) is 29.7 Å². The maximum absolute atomic E-state index is 11.7. The first-order valence-electron chi connectivity index (χ1n) is 6.35. The minimum absolute atomic E-state index is 0.0000634. The van der Waals surface area contributed by atoms with Gasteiger partial charge in [0.25, 0.3) is 0 Å². The van der Waals surface area contributed by atoms with Gasteiger partial charge in [-0.2, -0.15) is 0 Å². The molecule has 2 rings (SSSR count). The molecule has 0 saturated carbocycles. The molecule has 2 N–H and O–H groups in total. The molecule has 1 aromatic rings. The minimum Gasteiger partial charge on any atom is -0.475 e. The summed E-state index contributed by atoms with van der Waals surface area (Å²) in [5, 5.41) is 11.4. The van der Waals surface area contributed by atoms with E-state index in [0.29, 0.717) is 12.2 Å². The maximum Gasteiger partial charge on any atom is 0.371 e. The molecule has 1 aliphatic rings. The van der Waals surface area contributed by atoms with Crippen LogP contribution in [0.1, 0.15) is 42.0 Å². The lowest BCUT2D eigenvalue weighted by atomic mass is 10.1. The van der Waals surface area contributed by atoms with Crippen molar-refractivity contribution in [1.29, 1.82) is 0 Å². The van der Waals surface area contributed by atoms with E-state index in [9.17, 15) is 9.59 Å². The molecule has 0 aromatic carbocycles. The van der Waals surface area contributed by atoms with Gasteiger partial charge in [-0.1, -0.05) is 0 Å². The van der Waals surface area contributed by atoms with Crippen molar-refractivity contribution in [3.63, 3.8) is 0 Å². The predicted octanol–water partition coefficient (Wildman–Crippen LogP) is 1.55. The molecular weight excluding hydrogens is 250 g/mol. The number of amides is 1. The summed E-state index contributed by atoms with van der Waals surface area (Å²) < 4.78 is 10.5. The molecule has 1 unspecified atom stereocenters. The number of aromatic carboxylic acids is 1. The highest BCUT2D eigenvalue weighted by Crippen LogP contribution is 2.15. The summed E-state index contributed by atoms with van der Waals surface area (Å²) in [5.74, 6) is -0.927. The number of hydrogen-bond acceptors (Lipinski definition) is 4. The Balaban J connectivity index is 1.74. The Bertz CT molecular complexity index is 448. The minimum atomic E-state index is -1.12. The summed E-state index contributed by atoms with van der Waals surface area (Å²) in [7, 11) is 0. The normalized spacial score (nSPS) is 19.1. The van der Waals surface area contributed by atoms with Crippen molar-refractivity contribution in [3.8, 4) is 0 Å². The van der Waals surface area contributed by atoms with Gasteiger partial charge in [0.05, 0.1) is 19.1 Å². The van der Waals surface area contributed by atoms with E-state index in [1.807, 2.05) is 0 Å². The molecule has 1 atom stereocenters. The van der Waals surface area contributed by atoms with E-state index >= 15 is 0 Å². The van der Waals surface area contributed by atoms with Gasteiger partial charge in [-0.15, -0.1) is 0 Å². The SMILES string of the molecule is O=C(CC1CCCCO1)NCc1ccc(C(=O)O)o1. The zero-order valence-electron chi connectivity index (χ0n) is 10.6. The van der Waals surface area contributed by atoms with Gasteiger partial charge in [0.1, 0.15) is 5.76 Å². The van der Waals surface area contributed by atoms with E-state index in [2.05, 4.69) is 5.32 Å². The smallest absolute Gasteiger partial charge is 0.371 e. The lowest BCUT2D eigenvalue weighted by molar-refractivity contribution is -0.125. The number of carboxylic acid groups (broad SMARTS) is 1. The Labute approximate surface area is 110 Å². The van der Waals surface area contributed by atoms with Crippen LogP contribution in [0.2, 0.25) is 0 Å². The third-order valence-corrected chi connectivity index (χ3v) is 3.02. The van der Waals surface area contributed by atoms with Crippen LogP contribution in [0.4, 0.5) is 0 Å².